The maximum Gasteiger partial charge on any atom is 0.328 e. The average Bonchev–Trinajstić information content (AvgIpc) is 2.38. The number of anilines is 1. The number of rotatable bonds is 6. The van der Waals surface area contributed by atoms with E-state index in [1.165, 1.54) is 19.2 Å². The van der Waals surface area contributed by atoms with Gasteiger partial charge in [0.15, 0.2) is 0 Å². The highest BCUT2D eigenvalue weighted by Gasteiger charge is 2.21. The van der Waals surface area contributed by atoms with Crippen LogP contribution < -0.4 is 5.32 Å². The van der Waals surface area contributed by atoms with Crippen molar-refractivity contribution < 1.29 is 14.5 Å². The summed E-state index contributed by atoms with van der Waals surface area (Å²) >= 11 is 3.26. The van der Waals surface area contributed by atoms with Gasteiger partial charge in [0.1, 0.15) is 6.04 Å². The molecule has 0 bridgehead atoms. The number of non-ortho nitro benzene ring substituents is 1. The molecule has 110 valence electrons. The molecular formula is C13H17BrN2O4. The molecule has 0 amide bonds. The van der Waals surface area contributed by atoms with Crippen LogP contribution in [0.3, 0.4) is 0 Å². The van der Waals surface area contributed by atoms with Gasteiger partial charge in [0, 0.05) is 22.3 Å². The van der Waals surface area contributed by atoms with E-state index in [9.17, 15) is 14.9 Å². The van der Waals surface area contributed by atoms with Crippen LogP contribution in [0.5, 0.6) is 0 Å². The molecule has 7 heteroatoms. The summed E-state index contributed by atoms with van der Waals surface area (Å²) < 4.78 is 5.29. The van der Waals surface area contributed by atoms with Gasteiger partial charge < -0.3 is 10.1 Å². The van der Waals surface area contributed by atoms with Gasteiger partial charge in [0.2, 0.25) is 0 Å². The van der Waals surface area contributed by atoms with Gasteiger partial charge in [0.25, 0.3) is 5.69 Å². The number of nitrogens with one attached hydrogen (secondary N) is 1. The van der Waals surface area contributed by atoms with Gasteiger partial charge in [-0.2, -0.15) is 0 Å². The number of nitro benzene ring substituents is 1. The van der Waals surface area contributed by atoms with Crippen molar-refractivity contribution in [3.8, 4) is 0 Å². The van der Waals surface area contributed by atoms with E-state index in [0.29, 0.717) is 22.5 Å². The molecule has 6 nitrogen and oxygen atoms in total. The lowest BCUT2D eigenvalue weighted by Crippen LogP contribution is -2.32. The minimum Gasteiger partial charge on any atom is -0.467 e. The van der Waals surface area contributed by atoms with E-state index < -0.39 is 11.0 Å². The normalized spacial score (nSPS) is 12.1. The van der Waals surface area contributed by atoms with Gasteiger partial charge in [-0.15, -0.1) is 0 Å². The highest BCUT2D eigenvalue weighted by molar-refractivity contribution is 9.10. The quantitative estimate of drug-likeness (QED) is 0.486. The van der Waals surface area contributed by atoms with Crippen molar-refractivity contribution in [3.63, 3.8) is 0 Å². The number of esters is 1. The molecule has 20 heavy (non-hydrogen) atoms. The standard InChI is InChI=1S/C13H17BrN2O4/c1-8(2)6-12(13(17)20-3)15-11-5-4-9(16(18)19)7-10(11)14/h4-5,7-8,12,15H,6H2,1-3H3. The summed E-state index contributed by atoms with van der Waals surface area (Å²) in [6.45, 7) is 4.00. The number of nitrogens with zero attached hydrogens (tertiary/aromatic N) is 1. The molecule has 0 saturated carbocycles. The Balaban J connectivity index is 2.93. The molecular weight excluding hydrogens is 328 g/mol. The van der Waals surface area contributed by atoms with E-state index >= 15 is 0 Å². The van der Waals surface area contributed by atoms with E-state index in [1.54, 1.807) is 6.07 Å². The molecule has 1 unspecified atom stereocenters. The Morgan fingerprint density at radius 1 is 1.50 bits per heavy atom. The van der Waals surface area contributed by atoms with Gasteiger partial charge in [-0.1, -0.05) is 13.8 Å². The first kappa shape index (κ1) is 16.4. The molecule has 0 aliphatic carbocycles. The maximum absolute atomic E-state index is 11.7. The Morgan fingerprint density at radius 2 is 2.15 bits per heavy atom. The Bertz CT molecular complexity index is 505. The van der Waals surface area contributed by atoms with Gasteiger partial charge in [-0.25, -0.2) is 4.79 Å². The van der Waals surface area contributed by atoms with Gasteiger partial charge in [0.05, 0.1) is 12.0 Å². The molecule has 0 heterocycles. The SMILES string of the molecule is COC(=O)C(CC(C)C)Nc1ccc([N+](=O)[O-])cc1Br. The molecule has 0 aliphatic heterocycles. The van der Waals surface area contributed by atoms with Crippen LogP contribution in [0, 0.1) is 16.0 Å². The molecule has 0 spiro atoms. The Kier molecular flexibility index (Phi) is 5.94. The number of carbonyl (C=O) groups is 1. The fraction of sp³-hybridized carbons (Fsp3) is 0.462. The van der Waals surface area contributed by atoms with Crippen molar-refractivity contribution in [1.82, 2.24) is 0 Å². The first-order chi connectivity index (χ1) is 9.35. The van der Waals surface area contributed by atoms with Crippen LogP contribution in [-0.4, -0.2) is 24.0 Å². The molecule has 0 saturated heterocycles. The van der Waals surface area contributed by atoms with Crippen molar-refractivity contribution in [2.75, 3.05) is 12.4 Å². The number of benzene rings is 1. The Labute approximate surface area is 125 Å². The Hall–Kier alpha value is -1.63. The Morgan fingerprint density at radius 3 is 2.60 bits per heavy atom. The van der Waals surface area contributed by atoms with Gasteiger partial charge in [-0.05, 0) is 34.3 Å². The summed E-state index contributed by atoms with van der Waals surface area (Å²) in [5, 5.41) is 13.7. The second-order valence-corrected chi connectivity index (χ2v) is 5.63. The molecule has 0 aliphatic rings. The number of hydrogen-bond acceptors (Lipinski definition) is 5. The minimum atomic E-state index is -0.488. The van der Waals surface area contributed by atoms with Crippen molar-refractivity contribution in [3.05, 3.63) is 32.8 Å². The van der Waals surface area contributed by atoms with Crippen molar-refractivity contribution in [2.24, 2.45) is 5.92 Å². The third-order valence-electron chi connectivity index (χ3n) is 2.69. The largest absolute Gasteiger partial charge is 0.467 e. The van der Waals surface area contributed by atoms with Crippen LogP contribution in [0.15, 0.2) is 22.7 Å². The zero-order chi connectivity index (χ0) is 15.3. The molecule has 1 N–H and O–H groups in total. The number of carbonyl (C=O) groups excluding carboxylic acids is 1. The first-order valence-corrected chi connectivity index (χ1v) is 6.92. The highest BCUT2D eigenvalue weighted by Crippen LogP contribution is 2.28. The molecule has 1 rings (SSSR count). The van der Waals surface area contributed by atoms with E-state index in [0.717, 1.165) is 0 Å². The fourth-order valence-electron chi connectivity index (χ4n) is 1.75. The summed E-state index contributed by atoms with van der Waals surface area (Å²) in [4.78, 5) is 21.9. The zero-order valence-corrected chi connectivity index (χ0v) is 13.1. The van der Waals surface area contributed by atoms with E-state index in [2.05, 4.69) is 21.2 Å². The summed E-state index contributed by atoms with van der Waals surface area (Å²) in [5.74, 6) is -0.0487. The second kappa shape index (κ2) is 7.23. The lowest BCUT2D eigenvalue weighted by atomic mass is 10.0. The molecule has 0 aromatic heterocycles. The van der Waals surface area contributed by atoms with E-state index in [4.69, 9.17) is 4.74 Å². The molecule has 0 fully saturated rings. The highest BCUT2D eigenvalue weighted by atomic mass is 79.9. The minimum absolute atomic E-state index is 0.0131. The second-order valence-electron chi connectivity index (χ2n) is 4.77. The molecule has 1 aromatic rings. The lowest BCUT2D eigenvalue weighted by Gasteiger charge is -2.20. The van der Waals surface area contributed by atoms with Crippen molar-refractivity contribution >= 4 is 33.3 Å². The zero-order valence-electron chi connectivity index (χ0n) is 11.6. The van der Waals surface area contributed by atoms with Crippen LogP contribution >= 0.6 is 15.9 Å². The van der Waals surface area contributed by atoms with Crippen LogP contribution in [0.2, 0.25) is 0 Å². The summed E-state index contributed by atoms with van der Waals surface area (Å²) in [6, 6.07) is 3.86. The van der Waals surface area contributed by atoms with Crippen LogP contribution in [0.1, 0.15) is 20.3 Å². The number of ether oxygens (including phenoxy) is 1. The topological polar surface area (TPSA) is 81.5 Å². The number of methoxy groups -OCH3 is 1. The van der Waals surface area contributed by atoms with Crippen LogP contribution in [0.25, 0.3) is 0 Å². The summed E-state index contributed by atoms with van der Waals surface area (Å²) in [6.07, 6.45) is 0.607. The van der Waals surface area contributed by atoms with Crippen LogP contribution in [-0.2, 0) is 9.53 Å². The predicted octanol–water partition coefficient (Wildman–Crippen LogP) is 3.36. The molecule has 1 aromatic carbocycles. The van der Waals surface area contributed by atoms with Gasteiger partial charge >= 0.3 is 5.97 Å². The number of hydrogen-bond donors (Lipinski definition) is 1. The number of halogens is 1. The van der Waals surface area contributed by atoms with E-state index in [1.807, 2.05) is 13.8 Å². The summed E-state index contributed by atoms with van der Waals surface area (Å²) in [7, 11) is 1.34. The van der Waals surface area contributed by atoms with Crippen molar-refractivity contribution in [2.45, 2.75) is 26.3 Å². The first-order valence-electron chi connectivity index (χ1n) is 6.13. The molecule has 0 radical (unpaired) electrons. The van der Waals surface area contributed by atoms with Gasteiger partial charge in [-0.3, -0.25) is 10.1 Å². The predicted molar refractivity (Wildman–Crippen MR) is 79.7 cm³/mol. The monoisotopic (exact) mass is 344 g/mol. The summed E-state index contributed by atoms with van der Waals surface area (Å²) in [5.41, 5.74) is 0.604. The smallest absolute Gasteiger partial charge is 0.328 e. The molecule has 1 atom stereocenters. The van der Waals surface area contributed by atoms with Crippen LogP contribution in [0.4, 0.5) is 11.4 Å². The lowest BCUT2D eigenvalue weighted by molar-refractivity contribution is -0.384. The maximum atomic E-state index is 11.7. The van der Waals surface area contributed by atoms with Crippen molar-refractivity contribution in [1.29, 1.82) is 0 Å². The van der Waals surface area contributed by atoms with E-state index in [-0.39, 0.29) is 11.7 Å². The fourth-order valence-corrected chi connectivity index (χ4v) is 2.23. The average molecular weight is 345 g/mol. The number of nitro groups is 1. The third-order valence-corrected chi connectivity index (χ3v) is 3.34. The third kappa shape index (κ3) is 4.48.